The smallest absolute Gasteiger partial charge is 0.306 e. The van der Waals surface area contributed by atoms with Crippen LogP contribution >= 0.6 is 0 Å². The Kier molecular flexibility index (Phi) is 35.5. The Morgan fingerprint density at radius 2 is 1.06 bits per heavy atom. The van der Waals surface area contributed by atoms with Crippen molar-refractivity contribution in [2.75, 3.05) is 13.2 Å². The average molecular weight is 673 g/mol. The first-order chi connectivity index (χ1) is 23.5. The lowest BCUT2D eigenvalue weighted by molar-refractivity contribution is -0.161. The van der Waals surface area contributed by atoms with Crippen LogP contribution in [-0.4, -0.2) is 47.6 Å². The maximum absolute atomic E-state index is 12.1. The number of carbonyl (C=O) groups is 2. The van der Waals surface area contributed by atoms with Crippen molar-refractivity contribution in [2.45, 2.75) is 180 Å². The summed E-state index contributed by atoms with van der Waals surface area (Å²) in [6.07, 6.45) is 45.2. The topological polar surface area (TPSA) is 93.1 Å². The van der Waals surface area contributed by atoms with Gasteiger partial charge in [-0.25, -0.2) is 0 Å². The molecule has 48 heavy (non-hydrogen) atoms. The van der Waals surface area contributed by atoms with E-state index >= 15 is 0 Å². The number of rotatable bonds is 34. The number of aliphatic hydroxyl groups is 2. The number of allylic oxidation sites excluding steroid dienone is 9. The van der Waals surface area contributed by atoms with E-state index in [1.165, 1.54) is 83.5 Å². The number of unbranched alkanes of at least 4 members (excludes halogenated alkanes) is 16. The van der Waals surface area contributed by atoms with Crippen molar-refractivity contribution in [3.05, 3.63) is 60.8 Å². The van der Waals surface area contributed by atoms with Gasteiger partial charge in [0, 0.05) is 12.8 Å². The standard InChI is InChI=1S/C42H72O6/c1-3-5-6-7-8-9-10-11-12-13-17-20-23-26-29-32-35-41(45)47-38-40(37-43)48-42(46)36-33-30-27-24-21-18-15-14-16-19-22-25-28-31-34-39(44)4-2/h15-16,18-19,24-25,27-28,31,34,39-40,43-44H,3-14,17,20-23,26,29-30,32-33,35-38H2,1-2H3/b18-15-,19-16-,27-24-,28-25-,34-31+/t39-,40+/m1/s1. The number of hydrogen-bond donors (Lipinski definition) is 2. The zero-order valence-corrected chi connectivity index (χ0v) is 30.8. The van der Waals surface area contributed by atoms with E-state index in [4.69, 9.17) is 9.47 Å². The van der Waals surface area contributed by atoms with Gasteiger partial charge in [0.15, 0.2) is 6.10 Å². The highest BCUT2D eigenvalue weighted by atomic mass is 16.6. The van der Waals surface area contributed by atoms with Crippen molar-refractivity contribution in [2.24, 2.45) is 0 Å². The van der Waals surface area contributed by atoms with Crippen LogP contribution < -0.4 is 0 Å². The Hall–Kier alpha value is -2.44. The molecule has 0 unspecified atom stereocenters. The minimum absolute atomic E-state index is 0.0978. The SMILES string of the molecule is CCCCCCCCCCCCCCCCCCC(=O)OC[C@H](CO)OC(=O)CCC/C=C\C/C=C\C/C=C\C/C=C\C=C\[C@H](O)CC. The summed E-state index contributed by atoms with van der Waals surface area (Å²) in [4.78, 5) is 24.2. The zero-order chi connectivity index (χ0) is 35.2. The van der Waals surface area contributed by atoms with Crippen molar-refractivity contribution in [1.29, 1.82) is 0 Å². The highest BCUT2D eigenvalue weighted by Crippen LogP contribution is 2.14. The van der Waals surface area contributed by atoms with Crippen LogP contribution in [0.2, 0.25) is 0 Å². The molecule has 2 atom stereocenters. The molecule has 0 heterocycles. The van der Waals surface area contributed by atoms with Crippen LogP contribution in [-0.2, 0) is 19.1 Å². The van der Waals surface area contributed by atoms with E-state index in [9.17, 15) is 19.8 Å². The molecule has 0 spiro atoms. The normalized spacial score (nSPS) is 13.5. The molecule has 0 radical (unpaired) electrons. The lowest BCUT2D eigenvalue weighted by Gasteiger charge is -2.15. The second kappa shape index (κ2) is 37.4. The molecule has 0 aliphatic heterocycles. The summed E-state index contributed by atoms with van der Waals surface area (Å²) in [6.45, 7) is 3.76. The van der Waals surface area contributed by atoms with Crippen LogP contribution in [0.15, 0.2) is 60.8 Å². The van der Waals surface area contributed by atoms with Gasteiger partial charge in [-0.05, 0) is 44.9 Å². The summed E-state index contributed by atoms with van der Waals surface area (Å²) in [5, 5.41) is 19.0. The average Bonchev–Trinajstić information content (AvgIpc) is 3.09. The number of carbonyl (C=O) groups excluding carboxylic acids is 2. The summed E-state index contributed by atoms with van der Waals surface area (Å²) in [5.41, 5.74) is 0. The van der Waals surface area contributed by atoms with E-state index in [2.05, 4.69) is 49.5 Å². The Morgan fingerprint density at radius 3 is 1.58 bits per heavy atom. The summed E-state index contributed by atoms with van der Waals surface area (Å²) in [5.74, 6) is -0.678. The van der Waals surface area contributed by atoms with Gasteiger partial charge >= 0.3 is 11.9 Å². The van der Waals surface area contributed by atoms with Crippen molar-refractivity contribution in [3.8, 4) is 0 Å². The highest BCUT2D eigenvalue weighted by Gasteiger charge is 2.15. The minimum Gasteiger partial charge on any atom is -0.462 e. The maximum atomic E-state index is 12.1. The second-order valence-corrected chi connectivity index (χ2v) is 12.8. The van der Waals surface area contributed by atoms with Gasteiger partial charge in [0.05, 0.1) is 12.7 Å². The fraction of sp³-hybridized carbons (Fsp3) is 0.714. The fourth-order valence-electron chi connectivity index (χ4n) is 5.13. The Balaban J connectivity index is 3.68. The molecule has 276 valence electrons. The Morgan fingerprint density at radius 1 is 0.583 bits per heavy atom. The van der Waals surface area contributed by atoms with E-state index in [0.29, 0.717) is 12.8 Å². The molecule has 2 N–H and O–H groups in total. The van der Waals surface area contributed by atoms with E-state index in [-0.39, 0.29) is 37.7 Å². The van der Waals surface area contributed by atoms with Crippen LogP contribution in [0.1, 0.15) is 168 Å². The van der Waals surface area contributed by atoms with Crippen LogP contribution in [0.4, 0.5) is 0 Å². The molecule has 0 bridgehead atoms. The van der Waals surface area contributed by atoms with Crippen molar-refractivity contribution in [1.82, 2.24) is 0 Å². The van der Waals surface area contributed by atoms with Gasteiger partial charge in [0.25, 0.3) is 0 Å². The summed E-state index contributed by atoms with van der Waals surface area (Å²) in [6, 6.07) is 0. The molecular formula is C42H72O6. The number of aliphatic hydroxyl groups excluding tert-OH is 2. The third-order valence-electron chi connectivity index (χ3n) is 8.23. The third kappa shape index (κ3) is 34.9. The highest BCUT2D eigenvalue weighted by molar-refractivity contribution is 5.70. The number of hydrogen-bond acceptors (Lipinski definition) is 6. The molecule has 0 aromatic rings. The lowest BCUT2D eigenvalue weighted by atomic mass is 10.0. The van der Waals surface area contributed by atoms with Gasteiger partial charge < -0.3 is 19.7 Å². The van der Waals surface area contributed by atoms with Crippen LogP contribution in [0.3, 0.4) is 0 Å². The van der Waals surface area contributed by atoms with E-state index in [0.717, 1.165) is 51.4 Å². The molecular weight excluding hydrogens is 600 g/mol. The monoisotopic (exact) mass is 673 g/mol. The molecule has 0 fully saturated rings. The number of esters is 2. The molecule has 6 heteroatoms. The Bertz CT molecular complexity index is 871. The van der Waals surface area contributed by atoms with Gasteiger partial charge in [-0.1, -0.05) is 171 Å². The van der Waals surface area contributed by atoms with Crippen LogP contribution in [0, 0.1) is 0 Å². The first kappa shape index (κ1) is 45.6. The van der Waals surface area contributed by atoms with Gasteiger partial charge in [-0.3, -0.25) is 9.59 Å². The second-order valence-electron chi connectivity index (χ2n) is 12.8. The van der Waals surface area contributed by atoms with Crippen molar-refractivity contribution in [3.63, 3.8) is 0 Å². The van der Waals surface area contributed by atoms with Crippen LogP contribution in [0.25, 0.3) is 0 Å². The summed E-state index contributed by atoms with van der Waals surface area (Å²) in [7, 11) is 0. The molecule has 0 aliphatic rings. The predicted molar refractivity (Wildman–Crippen MR) is 202 cm³/mol. The molecule has 0 aliphatic carbocycles. The molecule has 0 saturated carbocycles. The number of ether oxygens (including phenoxy) is 2. The molecule has 0 saturated heterocycles. The van der Waals surface area contributed by atoms with Crippen molar-refractivity contribution < 1.29 is 29.3 Å². The van der Waals surface area contributed by atoms with Gasteiger partial charge in [0.1, 0.15) is 6.61 Å². The predicted octanol–water partition coefficient (Wildman–Crippen LogP) is 11.0. The molecule has 0 amide bonds. The van der Waals surface area contributed by atoms with Crippen molar-refractivity contribution >= 4 is 11.9 Å². The zero-order valence-electron chi connectivity index (χ0n) is 30.8. The van der Waals surface area contributed by atoms with Gasteiger partial charge in [-0.15, -0.1) is 0 Å². The quantitative estimate of drug-likeness (QED) is 0.0306. The largest absolute Gasteiger partial charge is 0.462 e. The third-order valence-corrected chi connectivity index (χ3v) is 8.23. The Labute approximate surface area is 294 Å². The summed E-state index contributed by atoms with van der Waals surface area (Å²) >= 11 is 0. The first-order valence-electron chi connectivity index (χ1n) is 19.5. The minimum atomic E-state index is -0.811. The maximum Gasteiger partial charge on any atom is 0.306 e. The van der Waals surface area contributed by atoms with E-state index in [1.54, 1.807) is 6.08 Å². The molecule has 6 nitrogen and oxygen atoms in total. The summed E-state index contributed by atoms with van der Waals surface area (Å²) < 4.78 is 10.5. The molecule has 0 rings (SSSR count). The van der Waals surface area contributed by atoms with E-state index < -0.39 is 6.10 Å². The molecule has 0 aromatic carbocycles. The van der Waals surface area contributed by atoms with Gasteiger partial charge in [0.2, 0.25) is 0 Å². The first-order valence-corrected chi connectivity index (χ1v) is 19.5. The van der Waals surface area contributed by atoms with E-state index in [1.807, 2.05) is 19.1 Å². The molecule has 0 aromatic heterocycles. The van der Waals surface area contributed by atoms with Gasteiger partial charge in [-0.2, -0.15) is 0 Å². The fourth-order valence-corrected chi connectivity index (χ4v) is 5.13. The van der Waals surface area contributed by atoms with Crippen LogP contribution in [0.5, 0.6) is 0 Å². The lowest BCUT2D eigenvalue weighted by Crippen LogP contribution is -2.28.